The molecule has 0 radical (unpaired) electrons. The minimum absolute atomic E-state index is 0.262. The number of rotatable bonds is 5. The molecule has 18 heavy (non-hydrogen) atoms. The van der Waals surface area contributed by atoms with Gasteiger partial charge in [-0.25, -0.2) is 0 Å². The maximum atomic E-state index is 9.04. The number of aliphatic hydroxyl groups excluding tert-OH is 1. The summed E-state index contributed by atoms with van der Waals surface area (Å²) in [5.74, 6) is 0.707. The lowest BCUT2D eigenvalue weighted by molar-refractivity contribution is 0.121. The first kappa shape index (κ1) is 13.5. The smallest absolute Gasteiger partial charge is 0.0558 e. The van der Waals surface area contributed by atoms with Gasteiger partial charge in [-0.1, -0.05) is 37.3 Å². The maximum absolute atomic E-state index is 9.04. The molecule has 2 atom stereocenters. The molecule has 1 aliphatic rings. The number of β-amino-alcohol motifs (C(OH)–C–C–N with tert-alkyl or cyclic N) is 1. The van der Waals surface area contributed by atoms with E-state index in [0.717, 1.165) is 26.2 Å². The largest absolute Gasteiger partial charge is 0.395 e. The Bertz CT molecular complexity index is 342. The molecule has 1 saturated heterocycles. The van der Waals surface area contributed by atoms with E-state index in [1.165, 1.54) is 12.0 Å². The quantitative estimate of drug-likeness (QED) is 0.828. The highest BCUT2D eigenvalue weighted by atomic mass is 16.3. The van der Waals surface area contributed by atoms with Crippen molar-refractivity contribution in [3.63, 3.8) is 0 Å². The van der Waals surface area contributed by atoms with Crippen LogP contribution in [0.5, 0.6) is 0 Å². The lowest BCUT2D eigenvalue weighted by Gasteiger charge is -2.36. The summed E-state index contributed by atoms with van der Waals surface area (Å²) in [5, 5.41) is 12.7. The van der Waals surface area contributed by atoms with Crippen LogP contribution in [-0.2, 0) is 6.54 Å². The molecule has 0 saturated carbocycles. The van der Waals surface area contributed by atoms with Crippen molar-refractivity contribution in [1.29, 1.82) is 0 Å². The summed E-state index contributed by atoms with van der Waals surface area (Å²) in [6.45, 7) is 6.46. The van der Waals surface area contributed by atoms with Crippen molar-refractivity contribution in [2.24, 2.45) is 5.92 Å². The Morgan fingerprint density at radius 3 is 2.78 bits per heavy atom. The first-order valence-electron chi connectivity index (χ1n) is 6.88. The maximum Gasteiger partial charge on any atom is 0.0558 e. The van der Waals surface area contributed by atoms with Crippen LogP contribution in [0.2, 0.25) is 0 Å². The molecule has 2 N–H and O–H groups in total. The highest BCUT2D eigenvalue weighted by Gasteiger charge is 2.23. The van der Waals surface area contributed by atoms with E-state index >= 15 is 0 Å². The third-order valence-electron chi connectivity index (χ3n) is 3.59. The van der Waals surface area contributed by atoms with Gasteiger partial charge in [0, 0.05) is 32.2 Å². The Labute approximate surface area is 110 Å². The van der Waals surface area contributed by atoms with Gasteiger partial charge in [-0.15, -0.1) is 0 Å². The van der Waals surface area contributed by atoms with Gasteiger partial charge in [-0.2, -0.15) is 0 Å². The molecule has 0 aromatic heterocycles. The summed E-state index contributed by atoms with van der Waals surface area (Å²) < 4.78 is 0. The molecule has 1 aromatic rings. The number of nitrogens with zero attached hydrogens (tertiary/aromatic N) is 1. The molecular formula is C15H24N2O. The van der Waals surface area contributed by atoms with Gasteiger partial charge in [-0.05, 0) is 17.9 Å². The number of aliphatic hydroxyl groups is 1. The lowest BCUT2D eigenvalue weighted by Crippen LogP contribution is -2.49. The summed E-state index contributed by atoms with van der Waals surface area (Å²) in [6, 6.07) is 11.1. The molecule has 1 fully saturated rings. The number of hydrogen-bond donors (Lipinski definition) is 2. The summed E-state index contributed by atoms with van der Waals surface area (Å²) in [7, 11) is 0. The fraction of sp³-hybridized carbons (Fsp3) is 0.600. The van der Waals surface area contributed by atoms with Crippen LogP contribution in [0.4, 0.5) is 0 Å². The topological polar surface area (TPSA) is 35.5 Å². The first-order valence-corrected chi connectivity index (χ1v) is 6.88. The van der Waals surface area contributed by atoms with Gasteiger partial charge < -0.3 is 10.4 Å². The van der Waals surface area contributed by atoms with E-state index in [1.807, 2.05) is 0 Å². The summed E-state index contributed by atoms with van der Waals surface area (Å²) in [4.78, 5) is 2.36. The zero-order valence-electron chi connectivity index (χ0n) is 11.2. The fourth-order valence-corrected chi connectivity index (χ4v) is 2.79. The Morgan fingerprint density at radius 2 is 2.06 bits per heavy atom. The average molecular weight is 248 g/mol. The van der Waals surface area contributed by atoms with Crippen molar-refractivity contribution in [2.45, 2.75) is 25.9 Å². The zero-order valence-corrected chi connectivity index (χ0v) is 11.2. The van der Waals surface area contributed by atoms with Gasteiger partial charge in [-0.3, -0.25) is 4.90 Å². The van der Waals surface area contributed by atoms with Crippen LogP contribution >= 0.6 is 0 Å². The van der Waals surface area contributed by atoms with Gasteiger partial charge >= 0.3 is 0 Å². The standard InChI is InChI=1S/C15H24N2O/c1-13-9-15(12-17(11-13)7-8-18)16-10-14-5-3-2-4-6-14/h2-6,13,15-16,18H,7-12H2,1H3. The van der Waals surface area contributed by atoms with Crippen molar-refractivity contribution in [3.05, 3.63) is 35.9 Å². The van der Waals surface area contributed by atoms with Crippen LogP contribution in [0.1, 0.15) is 18.9 Å². The van der Waals surface area contributed by atoms with Crippen LogP contribution in [-0.4, -0.2) is 42.3 Å². The van der Waals surface area contributed by atoms with E-state index in [9.17, 15) is 0 Å². The number of piperidine rings is 1. The van der Waals surface area contributed by atoms with E-state index in [4.69, 9.17) is 5.11 Å². The monoisotopic (exact) mass is 248 g/mol. The minimum atomic E-state index is 0.262. The molecule has 1 aliphatic heterocycles. The van der Waals surface area contributed by atoms with Crippen LogP contribution in [0.15, 0.2) is 30.3 Å². The van der Waals surface area contributed by atoms with E-state index in [1.54, 1.807) is 0 Å². The third kappa shape index (κ3) is 4.09. The average Bonchev–Trinajstić information content (AvgIpc) is 2.37. The van der Waals surface area contributed by atoms with Crippen molar-refractivity contribution in [2.75, 3.05) is 26.2 Å². The molecule has 100 valence electrons. The Kier molecular flexibility index (Phi) is 5.17. The number of likely N-dealkylation sites (tertiary alicyclic amines) is 1. The number of hydrogen-bond acceptors (Lipinski definition) is 3. The van der Waals surface area contributed by atoms with E-state index < -0.39 is 0 Å². The molecular weight excluding hydrogens is 224 g/mol. The predicted molar refractivity (Wildman–Crippen MR) is 74.4 cm³/mol. The molecule has 3 nitrogen and oxygen atoms in total. The second-order valence-electron chi connectivity index (χ2n) is 5.39. The normalized spacial score (nSPS) is 25.2. The van der Waals surface area contributed by atoms with Crippen molar-refractivity contribution < 1.29 is 5.11 Å². The highest BCUT2D eigenvalue weighted by molar-refractivity contribution is 5.14. The summed E-state index contributed by atoms with van der Waals surface area (Å²) in [5.41, 5.74) is 1.34. The van der Waals surface area contributed by atoms with Gasteiger partial charge in [0.2, 0.25) is 0 Å². The summed E-state index contributed by atoms with van der Waals surface area (Å²) >= 11 is 0. The molecule has 2 rings (SSSR count). The first-order chi connectivity index (χ1) is 8.78. The molecule has 1 heterocycles. The molecule has 0 spiro atoms. The van der Waals surface area contributed by atoms with Crippen molar-refractivity contribution in [1.82, 2.24) is 10.2 Å². The van der Waals surface area contributed by atoms with Crippen molar-refractivity contribution >= 4 is 0 Å². The van der Waals surface area contributed by atoms with E-state index in [-0.39, 0.29) is 6.61 Å². The molecule has 0 aliphatic carbocycles. The molecule has 3 heteroatoms. The second kappa shape index (κ2) is 6.88. The SMILES string of the molecule is CC1CC(NCc2ccccc2)CN(CCO)C1. The van der Waals surface area contributed by atoms with Gasteiger partial charge in [0.1, 0.15) is 0 Å². The van der Waals surface area contributed by atoms with Gasteiger partial charge in [0.05, 0.1) is 6.61 Å². The van der Waals surface area contributed by atoms with Crippen LogP contribution < -0.4 is 5.32 Å². The fourth-order valence-electron chi connectivity index (χ4n) is 2.79. The van der Waals surface area contributed by atoms with Crippen molar-refractivity contribution in [3.8, 4) is 0 Å². The van der Waals surface area contributed by atoms with Crippen LogP contribution in [0.3, 0.4) is 0 Å². The molecule has 1 aromatic carbocycles. The molecule has 2 unspecified atom stereocenters. The molecule has 0 amide bonds. The Hall–Kier alpha value is -0.900. The van der Waals surface area contributed by atoms with E-state index in [2.05, 4.69) is 47.5 Å². The highest BCUT2D eigenvalue weighted by Crippen LogP contribution is 2.16. The second-order valence-corrected chi connectivity index (χ2v) is 5.39. The Balaban J connectivity index is 1.81. The lowest BCUT2D eigenvalue weighted by atomic mass is 9.96. The Morgan fingerprint density at radius 1 is 1.28 bits per heavy atom. The van der Waals surface area contributed by atoms with Gasteiger partial charge in [0.15, 0.2) is 0 Å². The minimum Gasteiger partial charge on any atom is -0.395 e. The third-order valence-corrected chi connectivity index (χ3v) is 3.59. The number of benzene rings is 1. The van der Waals surface area contributed by atoms with Crippen LogP contribution in [0, 0.1) is 5.92 Å². The van der Waals surface area contributed by atoms with Crippen LogP contribution in [0.25, 0.3) is 0 Å². The van der Waals surface area contributed by atoms with E-state index in [0.29, 0.717) is 12.0 Å². The predicted octanol–water partition coefficient (Wildman–Crippen LogP) is 1.48. The molecule has 0 bridgehead atoms. The van der Waals surface area contributed by atoms with Gasteiger partial charge in [0.25, 0.3) is 0 Å². The zero-order chi connectivity index (χ0) is 12.8. The summed E-state index contributed by atoms with van der Waals surface area (Å²) in [6.07, 6.45) is 1.23. The number of nitrogens with one attached hydrogen (secondary N) is 1.